The number of halogens is 2. The fraction of sp³-hybridized carbons (Fsp3) is 0.459. The maximum atomic E-state index is 11.9. The van der Waals surface area contributed by atoms with Crippen LogP contribution in [0.4, 0.5) is 0 Å². The molecule has 8 nitrogen and oxygen atoms in total. The van der Waals surface area contributed by atoms with Gasteiger partial charge < -0.3 is 19.4 Å². The third kappa shape index (κ3) is 8.10. The Hall–Kier alpha value is -3.62. The average Bonchev–Trinajstić information content (AvgIpc) is 3.72. The molecule has 0 aromatic carbocycles. The molecule has 0 radical (unpaired) electrons. The maximum Gasteiger partial charge on any atom is 0.305 e. The smallest absolute Gasteiger partial charge is 0.305 e. The van der Waals surface area contributed by atoms with Crippen molar-refractivity contribution in [2.75, 3.05) is 26.0 Å². The number of hydrogen-bond donors (Lipinski definition) is 2. The molecule has 0 atom stereocenters. The third-order valence-corrected chi connectivity index (χ3v) is 9.45. The van der Waals surface area contributed by atoms with Crippen molar-refractivity contribution < 1.29 is 23.2 Å². The van der Waals surface area contributed by atoms with E-state index in [1.54, 1.807) is 6.08 Å². The first-order valence-electron chi connectivity index (χ1n) is 17.3. The molecule has 0 amide bonds. The number of esters is 2. The first-order valence-corrected chi connectivity index (χ1v) is 16.9. The summed E-state index contributed by atoms with van der Waals surface area (Å²) in [4.78, 5) is 40.5. The van der Waals surface area contributed by atoms with Gasteiger partial charge in [0, 0.05) is 57.9 Å². The lowest BCUT2D eigenvalue weighted by Crippen LogP contribution is -2.10. The summed E-state index contributed by atoms with van der Waals surface area (Å²) in [6.07, 6.45) is 6.73. The molecule has 0 unspecified atom stereocenters. The molecule has 2 aliphatic rings. The molecule has 0 saturated carbocycles. The highest BCUT2D eigenvalue weighted by Crippen LogP contribution is 2.36. The van der Waals surface area contributed by atoms with Gasteiger partial charge in [0.1, 0.15) is 0 Å². The minimum absolute atomic E-state index is 0.0755. The van der Waals surface area contributed by atoms with Gasteiger partial charge in [-0.2, -0.15) is 0 Å². The van der Waals surface area contributed by atoms with Crippen LogP contribution in [0.3, 0.4) is 0 Å². The zero-order valence-electron chi connectivity index (χ0n) is 31.3. The molecular formula is C37H46Cl2N4O4. The third-order valence-electron chi connectivity index (χ3n) is 9.07. The molecule has 4 rings (SSSR count). The molecule has 10 heteroatoms. The number of carbonyl (C=O) groups excluding carboxylic acids is 2. The van der Waals surface area contributed by atoms with Crippen LogP contribution in [0.5, 0.6) is 0 Å². The van der Waals surface area contributed by atoms with Crippen LogP contribution < -0.4 is 0 Å². The number of allylic oxidation sites excluding steroid dienone is 4. The van der Waals surface area contributed by atoms with Gasteiger partial charge in [0.2, 0.25) is 0 Å². The molecule has 0 fully saturated rings. The topological polar surface area (TPSA) is 109 Å². The number of rotatable bonds is 14. The second-order valence-corrected chi connectivity index (χ2v) is 12.6. The van der Waals surface area contributed by atoms with Crippen molar-refractivity contribution >= 4 is 58.7 Å². The molecule has 0 bridgehead atoms. The summed E-state index contributed by atoms with van der Waals surface area (Å²) in [6, 6.07) is 0. The maximum absolute atomic E-state index is 11.9. The summed E-state index contributed by atoms with van der Waals surface area (Å²) in [5, 5.41) is 0. The van der Waals surface area contributed by atoms with Crippen molar-refractivity contribution in [3.63, 3.8) is 0 Å². The van der Waals surface area contributed by atoms with Gasteiger partial charge in [0.25, 0.3) is 0 Å². The molecule has 4 heterocycles. The van der Waals surface area contributed by atoms with E-state index < -0.39 is 12.8 Å². The van der Waals surface area contributed by atoms with Crippen molar-refractivity contribution in [2.24, 2.45) is 9.98 Å². The van der Waals surface area contributed by atoms with E-state index in [9.17, 15) is 9.59 Å². The number of alkyl halides is 2. The van der Waals surface area contributed by atoms with Crippen molar-refractivity contribution in [1.82, 2.24) is 9.97 Å². The first-order chi connectivity index (χ1) is 23.6. The number of carbonyl (C=O) groups is 2. The summed E-state index contributed by atoms with van der Waals surface area (Å²) in [5.41, 5.74) is 13.2. The summed E-state index contributed by atoms with van der Waals surface area (Å²) >= 11 is 12.6. The number of aromatic amines is 2. The van der Waals surface area contributed by atoms with Crippen LogP contribution in [-0.4, -0.2) is 59.3 Å². The Labute approximate surface area is 292 Å². The molecule has 2 aliphatic heterocycles. The van der Waals surface area contributed by atoms with Crippen molar-refractivity contribution in [3.8, 4) is 0 Å². The summed E-state index contributed by atoms with van der Waals surface area (Å²) in [6.45, 7) is 7.47. The monoisotopic (exact) mass is 683 g/mol. The van der Waals surface area contributed by atoms with E-state index in [1.807, 2.05) is 33.8 Å². The lowest BCUT2D eigenvalue weighted by atomic mass is 9.95. The van der Waals surface area contributed by atoms with E-state index in [0.717, 1.165) is 61.9 Å². The number of aromatic nitrogens is 2. The number of aryl methyl sites for hydroxylation is 2. The van der Waals surface area contributed by atoms with E-state index in [0.29, 0.717) is 66.5 Å². The Bertz CT molecular complexity index is 1860. The van der Waals surface area contributed by atoms with E-state index in [-0.39, 0.29) is 24.4 Å². The number of H-pyrrole nitrogens is 2. The van der Waals surface area contributed by atoms with Crippen molar-refractivity contribution in [1.29, 1.82) is 0 Å². The lowest BCUT2D eigenvalue weighted by Gasteiger charge is -2.08. The number of nitrogens with one attached hydrogen (secondary N) is 2. The minimum Gasteiger partial charge on any atom is -0.469 e. The predicted octanol–water partition coefficient (Wildman–Crippen LogP) is 8.36. The quantitative estimate of drug-likeness (QED) is 0.154. The van der Waals surface area contributed by atoms with Crippen LogP contribution >= 0.6 is 23.2 Å². The lowest BCUT2D eigenvalue weighted by molar-refractivity contribution is -0.141. The van der Waals surface area contributed by atoms with E-state index >= 15 is 0 Å². The standard InChI is InChI=1S/C37H46Cl2N4O4/c1-20-26(9-11-36(44)46-7)24(5)40-30(20)17-32-22(3)28(13-15-38)35(42-32)19-33-23(4)29(14-16-39)34(43-33)18-31-21(2)27(25(6)41-31)10-12-37(45)47-8/h17-18,40-41H,9-16,19H2,1-8H3/b32-17-,34-18-/i1D3. The minimum atomic E-state index is -2.41. The van der Waals surface area contributed by atoms with Gasteiger partial charge in [-0.1, -0.05) is 0 Å². The van der Waals surface area contributed by atoms with Gasteiger partial charge in [-0.25, -0.2) is 0 Å². The van der Waals surface area contributed by atoms with E-state index in [2.05, 4.69) is 16.9 Å². The molecule has 2 aromatic heterocycles. The summed E-state index contributed by atoms with van der Waals surface area (Å²) < 4.78 is 34.6. The molecule has 0 aliphatic carbocycles. The second kappa shape index (κ2) is 16.0. The zero-order chi connectivity index (χ0) is 36.9. The highest BCUT2D eigenvalue weighted by Gasteiger charge is 2.27. The number of ether oxygens (including phenoxy) is 2. The van der Waals surface area contributed by atoms with Crippen molar-refractivity contribution in [3.05, 3.63) is 78.7 Å². The number of hydrogen-bond acceptors (Lipinski definition) is 6. The van der Waals surface area contributed by atoms with Gasteiger partial charge >= 0.3 is 11.9 Å². The zero-order valence-corrected chi connectivity index (χ0v) is 29.8. The molecule has 0 saturated heterocycles. The number of nitrogens with zero attached hydrogens (tertiary/aromatic N) is 2. The molecule has 2 aromatic rings. The largest absolute Gasteiger partial charge is 0.469 e. The average molecular weight is 685 g/mol. The van der Waals surface area contributed by atoms with Gasteiger partial charge in [-0.05, 0) is 124 Å². The number of methoxy groups -OCH3 is 2. The highest BCUT2D eigenvalue weighted by atomic mass is 35.5. The Morgan fingerprint density at radius 3 is 1.79 bits per heavy atom. The number of aliphatic imine (C=N–C) groups is 2. The normalized spacial score (nSPS) is 17.8. The van der Waals surface area contributed by atoms with Crippen molar-refractivity contribution in [2.45, 2.75) is 86.4 Å². The Morgan fingerprint density at radius 1 is 0.723 bits per heavy atom. The predicted molar refractivity (Wildman–Crippen MR) is 193 cm³/mol. The Kier molecular flexibility index (Phi) is 10.9. The fourth-order valence-corrected chi connectivity index (χ4v) is 6.66. The Morgan fingerprint density at radius 2 is 1.23 bits per heavy atom. The Balaban J connectivity index is 1.73. The molecule has 2 N–H and O–H groups in total. The highest BCUT2D eigenvalue weighted by molar-refractivity contribution is 6.23. The van der Waals surface area contributed by atoms with Crippen LogP contribution in [0, 0.1) is 27.6 Å². The van der Waals surface area contributed by atoms with Crippen LogP contribution in [0.15, 0.2) is 43.7 Å². The van der Waals surface area contributed by atoms with Gasteiger partial charge in [0.15, 0.2) is 0 Å². The molecule has 0 spiro atoms. The van der Waals surface area contributed by atoms with Crippen LogP contribution in [0.25, 0.3) is 12.2 Å². The van der Waals surface area contributed by atoms with E-state index in [1.165, 1.54) is 14.2 Å². The van der Waals surface area contributed by atoms with Gasteiger partial charge in [-0.15, -0.1) is 23.2 Å². The molecule has 252 valence electrons. The van der Waals surface area contributed by atoms with Crippen LogP contribution in [-0.2, 0) is 31.9 Å². The fourth-order valence-electron chi connectivity index (χ4n) is 6.28. The van der Waals surface area contributed by atoms with E-state index in [4.69, 9.17) is 46.8 Å². The van der Waals surface area contributed by atoms with Gasteiger partial charge in [-0.3, -0.25) is 19.6 Å². The SMILES string of the molecule is [2H]C([2H])([2H])c1c(/C=C2\N=C(CC3=N/C(=C\c4[nH]c(C)c(CCC(=O)OC)c4C)C(CCCl)=C3C)C(CCCl)=C2C)[nH]c(C)c1CCC(=O)OC. The second-order valence-electron chi connectivity index (χ2n) is 11.9. The molecule has 47 heavy (non-hydrogen) atoms. The summed E-state index contributed by atoms with van der Waals surface area (Å²) in [7, 11) is 2.71. The van der Waals surface area contributed by atoms with Crippen LogP contribution in [0.2, 0.25) is 0 Å². The first kappa shape index (κ1) is 32.0. The molecular weight excluding hydrogens is 635 g/mol. The van der Waals surface area contributed by atoms with Crippen LogP contribution in [0.1, 0.15) is 95.1 Å². The summed E-state index contributed by atoms with van der Waals surface area (Å²) in [5.74, 6) is 0.186. The van der Waals surface area contributed by atoms with Gasteiger partial charge in [0.05, 0.1) is 37.0 Å².